The van der Waals surface area contributed by atoms with E-state index >= 15 is 0 Å². The van der Waals surface area contributed by atoms with E-state index in [1.807, 2.05) is 54.2 Å². The lowest BCUT2D eigenvalue weighted by Gasteiger charge is -2.06. The number of nitrogens with two attached hydrogens (primary N) is 1. The Morgan fingerprint density at radius 2 is 2.00 bits per heavy atom. The van der Waals surface area contributed by atoms with Crippen molar-refractivity contribution in [3.8, 4) is 23.1 Å². The molecular formula is C21H17N5S. The number of pyridine rings is 1. The molecule has 27 heavy (non-hydrogen) atoms. The second-order valence-corrected chi connectivity index (χ2v) is 6.92. The lowest BCUT2D eigenvalue weighted by Crippen LogP contribution is -1.99. The predicted octanol–water partition coefficient (Wildman–Crippen LogP) is 4.19. The van der Waals surface area contributed by atoms with E-state index in [1.165, 1.54) is 0 Å². The molecule has 0 unspecified atom stereocenters. The number of rotatable bonds is 2. The van der Waals surface area contributed by atoms with Crippen LogP contribution in [-0.2, 0) is 0 Å². The zero-order valence-corrected chi connectivity index (χ0v) is 15.8. The minimum Gasteiger partial charge on any atom is -0.382 e. The number of thiazole rings is 1. The minimum atomic E-state index is 0.0962. The maximum atomic E-state index is 6.02. The number of nitrogens with zero attached hydrogens (tertiary/aromatic N) is 4. The number of aryl methyl sites for hydroxylation is 1. The van der Waals surface area contributed by atoms with Crippen molar-refractivity contribution in [3.63, 3.8) is 0 Å². The summed E-state index contributed by atoms with van der Waals surface area (Å²) < 4.78 is 0. The first-order valence-electron chi connectivity index (χ1n) is 8.51. The molecule has 0 bridgehead atoms. The highest BCUT2D eigenvalue weighted by Gasteiger charge is 2.08. The molecule has 3 aromatic heterocycles. The van der Waals surface area contributed by atoms with E-state index in [2.05, 4.69) is 38.7 Å². The van der Waals surface area contributed by atoms with Crippen molar-refractivity contribution < 1.29 is 0 Å². The van der Waals surface area contributed by atoms with Crippen LogP contribution in [0.2, 0.25) is 0 Å². The van der Waals surface area contributed by atoms with Gasteiger partial charge in [0.15, 0.2) is 5.82 Å². The monoisotopic (exact) mass is 371 g/mol. The Hall–Kier alpha value is -3.30. The topological polar surface area (TPSA) is 77.6 Å². The van der Waals surface area contributed by atoms with Gasteiger partial charge in [-0.05, 0) is 38.1 Å². The Balaban J connectivity index is 1.68. The van der Waals surface area contributed by atoms with Crippen LogP contribution in [0.5, 0.6) is 0 Å². The Morgan fingerprint density at radius 3 is 2.81 bits per heavy atom. The lowest BCUT2D eigenvalue weighted by atomic mass is 10.1. The molecule has 0 aliphatic heterocycles. The fourth-order valence-electron chi connectivity index (χ4n) is 2.78. The molecule has 3 heterocycles. The average molecular weight is 371 g/mol. The Labute approximate surface area is 161 Å². The van der Waals surface area contributed by atoms with Crippen molar-refractivity contribution in [2.24, 2.45) is 0 Å². The van der Waals surface area contributed by atoms with Gasteiger partial charge in [-0.3, -0.25) is 0 Å². The fourth-order valence-corrected chi connectivity index (χ4v) is 3.42. The number of benzene rings is 1. The van der Waals surface area contributed by atoms with Gasteiger partial charge < -0.3 is 5.73 Å². The maximum absolute atomic E-state index is 6.02. The second-order valence-electron chi connectivity index (χ2n) is 6.21. The van der Waals surface area contributed by atoms with Crippen LogP contribution in [0.3, 0.4) is 0 Å². The van der Waals surface area contributed by atoms with E-state index < -0.39 is 0 Å². The van der Waals surface area contributed by atoms with Crippen LogP contribution in [0.4, 0.5) is 5.82 Å². The highest BCUT2D eigenvalue weighted by molar-refractivity contribution is 7.07. The largest absolute Gasteiger partial charge is 0.382 e. The quantitative estimate of drug-likeness (QED) is 0.535. The van der Waals surface area contributed by atoms with Gasteiger partial charge in [-0.15, -0.1) is 11.3 Å². The fraction of sp³-hybridized carbons (Fsp3) is 0.143. The summed E-state index contributed by atoms with van der Waals surface area (Å²) in [6.45, 7) is 3.88. The molecule has 0 saturated heterocycles. The molecule has 132 valence electrons. The molecule has 0 fully saturated rings. The van der Waals surface area contributed by atoms with Crippen LogP contribution >= 0.6 is 11.3 Å². The third-order valence-electron chi connectivity index (χ3n) is 4.17. The number of fused-ring (bicyclic) bond motifs is 1. The van der Waals surface area contributed by atoms with Gasteiger partial charge in [-0.25, -0.2) is 19.9 Å². The summed E-state index contributed by atoms with van der Waals surface area (Å²) in [7, 11) is 0. The Morgan fingerprint density at radius 1 is 1.11 bits per heavy atom. The van der Waals surface area contributed by atoms with Crippen molar-refractivity contribution in [1.82, 2.24) is 19.9 Å². The molecule has 1 atom stereocenters. The molecule has 0 aliphatic rings. The zero-order valence-electron chi connectivity index (χ0n) is 15.0. The number of nitrogen functional groups attached to an aromatic ring is 1. The number of aromatic nitrogens is 4. The highest BCUT2D eigenvalue weighted by atomic mass is 32.1. The van der Waals surface area contributed by atoms with E-state index in [1.54, 1.807) is 11.3 Å². The molecule has 6 heteroatoms. The molecule has 0 radical (unpaired) electrons. The number of hydrogen-bond acceptors (Lipinski definition) is 6. The zero-order chi connectivity index (χ0) is 18.8. The first-order valence-corrected chi connectivity index (χ1v) is 9.45. The van der Waals surface area contributed by atoms with E-state index in [0.717, 1.165) is 28.0 Å². The average Bonchev–Trinajstić information content (AvgIpc) is 3.21. The highest BCUT2D eigenvalue weighted by Crippen LogP contribution is 2.23. The van der Waals surface area contributed by atoms with Crippen LogP contribution in [0.1, 0.15) is 29.9 Å². The van der Waals surface area contributed by atoms with Crippen molar-refractivity contribution >= 4 is 28.2 Å². The third kappa shape index (κ3) is 3.64. The van der Waals surface area contributed by atoms with Crippen molar-refractivity contribution in [2.75, 3.05) is 5.73 Å². The van der Waals surface area contributed by atoms with Crippen LogP contribution in [-0.4, -0.2) is 19.9 Å². The van der Waals surface area contributed by atoms with Crippen molar-refractivity contribution in [3.05, 3.63) is 64.4 Å². The van der Waals surface area contributed by atoms with Crippen LogP contribution < -0.4 is 5.73 Å². The van der Waals surface area contributed by atoms with E-state index in [0.29, 0.717) is 17.2 Å². The van der Waals surface area contributed by atoms with Gasteiger partial charge in [0, 0.05) is 16.5 Å². The standard InChI is InChI=1S/C21H17N5S/c1-13(19-11-27-12-23-19)6-7-15-4-3-5-16(10-15)17-8-9-18-20(26-17)21(22)25-14(2)24-18/h3-5,8-13H,1-2H3,(H2,22,24,25)/t13-/m0/s1. The van der Waals surface area contributed by atoms with Crippen molar-refractivity contribution in [2.45, 2.75) is 19.8 Å². The second kappa shape index (κ2) is 7.14. The summed E-state index contributed by atoms with van der Waals surface area (Å²) >= 11 is 1.58. The van der Waals surface area contributed by atoms with Crippen molar-refractivity contribution in [1.29, 1.82) is 0 Å². The molecule has 0 spiro atoms. The minimum absolute atomic E-state index is 0.0962. The van der Waals surface area contributed by atoms with Gasteiger partial charge in [-0.2, -0.15) is 0 Å². The van der Waals surface area contributed by atoms with Gasteiger partial charge in [0.05, 0.1) is 28.3 Å². The number of hydrogen-bond donors (Lipinski definition) is 1. The summed E-state index contributed by atoms with van der Waals surface area (Å²) in [4.78, 5) is 17.6. The molecule has 4 aromatic rings. The Kier molecular flexibility index (Phi) is 4.53. The third-order valence-corrected chi connectivity index (χ3v) is 4.77. The molecule has 0 saturated carbocycles. The normalized spacial score (nSPS) is 11.8. The molecule has 2 N–H and O–H groups in total. The van der Waals surface area contributed by atoms with E-state index in [4.69, 9.17) is 5.73 Å². The first kappa shape index (κ1) is 17.1. The molecule has 5 nitrogen and oxygen atoms in total. The number of anilines is 1. The van der Waals surface area contributed by atoms with Crippen LogP contribution in [0, 0.1) is 18.8 Å². The summed E-state index contributed by atoms with van der Waals surface area (Å²) in [6.07, 6.45) is 0. The maximum Gasteiger partial charge on any atom is 0.153 e. The lowest BCUT2D eigenvalue weighted by molar-refractivity contribution is 0.953. The molecule has 4 rings (SSSR count). The van der Waals surface area contributed by atoms with Gasteiger partial charge in [0.2, 0.25) is 0 Å². The molecule has 1 aromatic carbocycles. The molecule has 0 amide bonds. The van der Waals surface area contributed by atoms with Crippen LogP contribution in [0.25, 0.3) is 22.3 Å². The molecular weight excluding hydrogens is 354 g/mol. The van der Waals surface area contributed by atoms with E-state index in [9.17, 15) is 0 Å². The van der Waals surface area contributed by atoms with E-state index in [-0.39, 0.29) is 5.92 Å². The summed E-state index contributed by atoms with van der Waals surface area (Å²) in [5, 5.41) is 2.03. The van der Waals surface area contributed by atoms with Gasteiger partial charge in [0.1, 0.15) is 11.3 Å². The predicted molar refractivity (Wildman–Crippen MR) is 109 cm³/mol. The summed E-state index contributed by atoms with van der Waals surface area (Å²) in [5.41, 5.74) is 12.9. The van der Waals surface area contributed by atoms with Gasteiger partial charge in [0.25, 0.3) is 0 Å². The summed E-state index contributed by atoms with van der Waals surface area (Å²) in [6, 6.07) is 11.9. The SMILES string of the molecule is Cc1nc(N)c2nc(-c3cccc(C#C[C@H](C)c4cscn4)c3)ccc2n1. The van der Waals surface area contributed by atoms with Crippen LogP contribution in [0.15, 0.2) is 47.3 Å². The molecule has 0 aliphatic carbocycles. The van der Waals surface area contributed by atoms with Gasteiger partial charge >= 0.3 is 0 Å². The Bertz CT molecular complexity index is 1170. The smallest absolute Gasteiger partial charge is 0.153 e. The van der Waals surface area contributed by atoms with Gasteiger partial charge in [-0.1, -0.05) is 24.0 Å². The first-order chi connectivity index (χ1) is 13.1. The summed E-state index contributed by atoms with van der Waals surface area (Å²) in [5.74, 6) is 7.63.